The zero-order valence-corrected chi connectivity index (χ0v) is 19.7. The molecule has 5 aromatic rings. The van der Waals surface area contributed by atoms with Crippen molar-refractivity contribution in [2.75, 3.05) is 19.5 Å². The second-order valence-corrected chi connectivity index (χ2v) is 8.26. The van der Waals surface area contributed by atoms with Gasteiger partial charge in [-0.05, 0) is 52.7 Å². The molecule has 0 fully saturated rings. The molecule has 0 saturated heterocycles. The van der Waals surface area contributed by atoms with Crippen molar-refractivity contribution in [3.05, 3.63) is 99.7 Å². The maximum absolute atomic E-state index is 13.7. The number of carbonyl (C=O) groups excluding carboxylic acids is 1. The molecule has 1 N–H and O–H groups in total. The molecule has 0 aliphatic rings. The molecular weight excluding hydrogens is 466 g/mol. The molecule has 0 saturated carbocycles. The second-order valence-electron chi connectivity index (χ2n) is 7.83. The highest BCUT2D eigenvalue weighted by Gasteiger charge is 2.21. The minimum absolute atomic E-state index is 0.0426. The van der Waals surface area contributed by atoms with E-state index in [4.69, 9.17) is 25.5 Å². The molecular formula is C28H20ClNO5. The van der Waals surface area contributed by atoms with Crippen LogP contribution in [-0.2, 0) is 0 Å². The van der Waals surface area contributed by atoms with Crippen molar-refractivity contribution in [2.24, 2.45) is 0 Å². The second kappa shape index (κ2) is 9.16. The molecule has 0 unspecified atom stereocenters. The fraction of sp³-hybridized carbons (Fsp3) is 0.0714. The average Bonchev–Trinajstić information content (AvgIpc) is 2.88. The molecule has 0 aliphatic carbocycles. The van der Waals surface area contributed by atoms with E-state index in [9.17, 15) is 9.59 Å². The van der Waals surface area contributed by atoms with Gasteiger partial charge in [0.1, 0.15) is 5.58 Å². The lowest BCUT2D eigenvalue weighted by Crippen LogP contribution is -2.16. The fourth-order valence-corrected chi connectivity index (χ4v) is 4.27. The van der Waals surface area contributed by atoms with Gasteiger partial charge in [0.25, 0.3) is 5.91 Å². The lowest BCUT2D eigenvalue weighted by Gasteiger charge is -2.14. The van der Waals surface area contributed by atoms with Crippen molar-refractivity contribution in [1.82, 2.24) is 0 Å². The molecule has 4 aromatic carbocycles. The molecule has 0 atom stereocenters. The van der Waals surface area contributed by atoms with Gasteiger partial charge in [0.2, 0.25) is 11.3 Å². The third-order valence-electron chi connectivity index (χ3n) is 5.78. The first-order chi connectivity index (χ1) is 17.0. The van der Waals surface area contributed by atoms with Crippen LogP contribution >= 0.6 is 11.6 Å². The molecule has 35 heavy (non-hydrogen) atoms. The first-order valence-corrected chi connectivity index (χ1v) is 11.2. The molecule has 7 heteroatoms. The number of carbonyl (C=O) groups is 1. The molecule has 0 spiro atoms. The van der Waals surface area contributed by atoms with E-state index in [1.54, 1.807) is 36.4 Å². The maximum Gasteiger partial charge on any atom is 0.258 e. The number of nitrogens with one attached hydrogen (secondary N) is 1. The number of fused-ring (bicyclic) bond motifs is 2. The summed E-state index contributed by atoms with van der Waals surface area (Å²) in [4.78, 5) is 27.0. The van der Waals surface area contributed by atoms with E-state index >= 15 is 0 Å². The molecule has 1 heterocycles. The third kappa shape index (κ3) is 4.09. The smallest absolute Gasteiger partial charge is 0.258 e. The van der Waals surface area contributed by atoms with Crippen LogP contribution in [-0.4, -0.2) is 20.1 Å². The number of ether oxygens (including phenoxy) is 2. The first-order valence-electron chi connectivity index (χ1n) is 10.8. The predicted octanol–water partition coefficient (Wildman–Crippen LogP) is 6.54. The number of halogens is 1. The highest BCUT2D eigenvalue weighted by Crippen LogP contribution is 2.35. The van der Waals surface area contributed by atoms with Gasteiger partial charge in [-0.25, -0.2) is 0 Å². The van der Waals surface area contributed by atoms with Crippen molar-refractivity contribution in [3.8, 4) is 22.6 Å². The summed E-state index contributed by atoms with van der Waals surface area (Å²) < 4.78 is 16.6. The van der Waals surface area contributed by atoms with Crippen LogP contribution in [0.3, 0.4) is 0 Å². The number of rotatable bonds is 5. The van der Waals surface area contributed by atoms with Crippen LogP contribution in [0.1, 0.15) is 10.4 Å². The zero-order chi connectivity index (χ0) is 24.5. The molecule has 1 amide bonds. The Labute approximate surface area is 205 Å². The normalized spacial score (nSPS) is 10.9. The minimum Gasteiger partial charge on any atom is -0.493 e. The Balaban J connectivity index is 1.71. The summed E-state index contributed by atoms with van der Waals surface area (Å²) in [6, 6.07) is 23.0. The van der Waals surface area contributed by atoms with Gasteiger partial charge in [-0.2, -0.15) is 0 Å². The van der Waals surface area contributed by atoms with Crippen LogP contribution in [0.4, 0.5) is 5.88 Å². The van der Waals surface area contributed by atoms with Crippen molar-refractivity contribution in [1.29, 1.82) is 0 Å². The first kappa shape index (κ1) is 22.5. The Bertz CT molecular complexity index is 1650. The van der Waals surface area contributed by atoms with Crippen LogP contribution in [0.5, 0.6) is 11.5 Å². The van der Waals surface area contributed by atoms with E-state index in [0.717, 1.165) is 10.8 Å². The van der Waals surface area contributed by atoms with Crippen LogP contribution in [0.25, 0.3) is 32.9 Å². The van der Waals surface area contributed by atoms with E-state index in [1.165, 1.54) is 14.2 Å². The summed E-state index contributed by atoms with van der Waals surface area (Å²) in [7, 11) is 3.01. The molecule has 0 radical (unpaired) electrons. The van der Waals surface area contributed by atoms with Gasteiger partial charge in [0, 0.05) is 10.6 Å². The van der Waals surface area contributed by atoms with Gasteiger partial charge in [0.15, 0.2) is 11.5 Å². The van der Waals surface area contributed by atoms with Crippen molar-refractivity contribution in [3.63, 3.8) is 0 Å². The highest BCUT2D eigenvalue weighted by molar-refractivity contribution is 6.31. The molecule has 1 aromatic heterocycles. The Hall–Kier alpha value is -4.29. The van der Waals surface area contributed by atoms with E-state index in [0.29, 0.717) is 38.6 Å². The van der Waals surface area contributed by atoms with Gasteiger partial charge in [0.05, 0.1) is 25.2 Å². The summed E-state index contributed by atoms with van der Waals surface area (Å²) >= 11 is 6.17. The Morgan fingerprint density at radius 3 is 2.43 bits per heavy atom. The summed E-state index contributed by atoms with van der Waals surface area (Å²) in [5.41, 5.74) is 1.20. The van der Waals surface area contributed by atoms with Crippen LogP contribution in [0, 0.1) is 0 Å². The number of hydrogen-bond donors (Lipinski definition) is 1. The number of hydrogen-bond acceptors (Lipinski definition) is 5. The lowest BCUT2D eigenvalue weighted by atomic mass is 9.97. The van der Waals surface area contributed by atoms with Crippen molar-refractivity contribution >= 4 is 45.1 Å². The molecule has 0 aliphatic heterocycles. The van der Waals surface area contributed by atoms with E-state index in [2.05, 4.69) is 5.32 Å². The minimum atomic E-state index is -0.469. The highest BCUT2D eigenvalue weighted by atomic mass is 35.5. The lowest BCUT2D eigenvalue weighted by molar-refractivity contribution is 0.102. The largest absolute Gasteiger partial charge is 0.493 e. The quantitative estimate of drug-likeness (QED) is 0.306. The maximum atomic E-state index is 13.7. The summed E-state index contributed by atoms with van der Waals surface area (Å²) in [5, 5.41) is 5.33. The van der Waals surface area contributed by atoms with Gasteiger partial charge >= 0.3 is 0 Å². The standard InChI is InChI=1S/C28H20ClNO5/c1-33-23-12-10-17(14-24(23)34-2)27(32)30-28-25(20-9-5-7-16-6-3-4-8-19(16)20)26(31)21-15-18(29)11-13-22(21)35-28/h3-15H,1-2H3,(H,30,32). The SMILES string of the molecule is COc1ccc(C(=O)Nc2oc3ccc(Cl)cc3c(=O)c2-c2cccc3ccccc23)cc1OC. The van der Waals surface area contributed by atoms with Crippen molar-refractivity contribution in [2.45, 2.75) is 0 Å². The predicted molar refractivity (Wildman–Crippen MR) is 138 cm³/mol. The third-order valence-corrected chi connectivity index (χ3v) is 6.02. The van der Waals surface area contributed by atoms with Crippen LogP contribution in [0.15, 0.2) is 88.1 Å². The number of methoxy groups -OCH3 is 2. The van der Waals surface area contributed by atoms with E-state index in [-0.39, 0.29) is 16.9 Å². The van der Waals surface area contributed by atoms with Crippen molar-refractivity contribution < 1.29 is 18.7 Å². The fourth-order valence-electron chi connectivity index (χ4n) is 4.10. The van der Waals surface area contributed by atoms with Crippen LogP contribution < -0.4 is 20.2 Å². The number of anilines is 1. The summed E-state index contributed by atoms with van der Waals surface area (Å²) in [6.45, 7) is 0. The van der Waals surface area contributed by atoms with Gasteiger partial charge in [-0.15, -0.1) is 0 Å². The molecule has 174 valence electrons. The van der Waals surface area contributed by atoms with E-state index < -0.39 is 5.91 Å². The van der Waals surface area contributed by atoms with E-state index in [1.807, 2.05) is 42.5 Å². The Morgan fingerprint density at radius 1 is 0.857 bits per heavy atom. The average molecular weight is 486 g/mol. The molecule has 6 nitrogen and oxygen atoms in total. The topological polar surface area (TPSA) is 77.8 Å². The monoisotopic (exact) mass is 485 g/mol. The Morgan fingerprint density at radius 2 is 1.63 bits per heavy atom. The van der Waals surface area contributed by atoms with Gasteiger partial charge < -0.3 is 13.9 Å². The van der Waals surface area contributed by atoms with Crippen LogP contribution in [0.2, 0.25) is 5.02 Å². The summed E-state index contributed by atoms with van der Waals surface area (Å²) in [5.74, 6) is 0.475. The number of amides is 1. The number of benzene rings is 4. The molecule has 0 bridgehead atoms. The zero-order valence-electron chi connectivity index (χ0n) is 18.9. The van der Waals surface area contributed by atoms with Gasteiger partial charge in [-0.1, -0.05) is 54.1 Å². The van der Waals surface area contributed by atoms with Gasteiger partial charge in [-0.3, -0.25) is 14.9 Å². The molecule has 5 rings (SSSR count). The Kier molecular flexibility index (Phi) is 5.89. The summed E-state index contributed by atoms with van der Waals surface area (Å²) in [6.07, 6.45) is 0.